The molecule has 0 atom stereocenters. The van der Waals surface area contributed by atoms with Crippen molar-refractivity contribution in [1.29, 1.82) is 0 Å². The summed E-state index contributed by atoms with van der Waals surface area (Å²) in [5.74, 6) is -0.788. The summed E-state index contributed by atoms with van der Waals surface area (Å²) in [6, 6.07) is -0.258. The van der Waals surface area contributed by atoms with Crippen molar-refractivity contribution in [3.8, 4) is 0 Å². The Morgan fingerprint density at radius 1 is 1.24 bits per heavy atom. The lowest BCUT2D eigenvalue weighted by Gasteiger charge is -2.23. The second-order valence-electron chi connectivity index (χ2n) is 4.76. The van der Waals surface area contributed by atoms with Gasteiger partial charge in [-0.1, -0.05) is 26.2 Å². The average Bonchev–Trinajstić information content (AvgIpc) is 2.77. The smallest absolute Gasteiger partial charge is 0.314 e. The lowest BCUT2D eigenvalue weighted by Crippen LogP contribution is -2.45. The lowest BCUT2D eigenvalue weighted by molar-refractivity contribution is -0.148. The van der Waals surface area contributed by atoms with E-state index in [1.165, 1.54) is 0 Å². The van der Waals surface area contributed by atoms with Crippen LogP contribution in [0.5, 0.6) is 0 Å². The number of hydrogen-bond donors (Lipinski definition) is 3. The minimum absolute atomic E-state index is 0.236. The lowest BCUT2D eigenvalue weighted by atomic mass is 9.86. The molecular weight excluding hydrogens is 220 g/mol. The van der Waals surface area contributed by atoms with E-state index in [0.29, 0.717) is 19.4 Å². The Bertz CT molecular complexity index is 273. The van der Waals surface area contributed by atoms with E-state index in [9.17, 15) is 14.7 Å². The predicted molar refractivity (Wildman–Crippen MR) is 64.8 cm³/mol. The maximum absolute atomic E-state index is 11.4. The standard InChI is InChI=1S/C12H22N2O3/c1-2-3-8-13-11(17)14-9-12(10(15)16)6-4-5-7-12/h2-9H2,1H3,(H,15,16)(H2,13,14,17). The number of unbranched alkanes of at least 4 members (excludes halogenated alkanes) is 1. The van der Waals surface area contributed by atoms with Crippen molar-refractivity contribution in [2.24, 2.45) is 5.41 Å². The van der Waals surface area contributed by atoms with Gasteiger partial charge >= 0.3 is 12.0 Å². The first-order valence-corrected chi connectivity index (χ1v) is 6.36. The number of carboxylic acid groups (broad SMARTS) is 1. The van der Waals surface area contributed by atoms with Crippen LogP contribution in [0.1, 0.15) is 45.4 Å². The number of carboxylic acids is 1. The van der Waals surface area contributed by atoms with Crippen LogP contribution >= 0.6 is 0 Å². The SMILES string of the molecule is CCCCNC(=O)NCC1(C(=O)O)CCCC1. The van der Waals surface area contributed by atoms with Gasteiger partial charge in [0.2, 0.25) is 0 Å². The molecule has 17 heavy (non-hydrogen) atoms. The van der Waals surface area contributed by atoms with E-state index in [4.69, 9.17) is 0 Å². The Morgan fingerprint density at radius 2 is 1.88 bits per heavy atom. The van der Waals surface area contributed by atoms with Crippen molar-refractivity contribution in [3.63, 3.8) is 0 Å². The highest BCUT2D eigenvalue weighted by Gasteiger charge is 2.41. The molecule has 3 N–H and O–H groups in total. The molecule has 0 bridgehead atoms. The van der Waals surface area contributed by atoms with E-state index in [1.54, 1.807) is 0 Å². The minimum atomic E-state index is -0.788. The second-order valence-corrected chi connectivity index (χ2v) is 4.76. The Labute approximate surface area is 102 Å². The first-order valence-electron chi connectivity index (χ1n) is 6.36. The van der Waals surface area contributed by atoms with Gasteiger partial charge in [0.1, 0.15) is 0 Å². The molecule has 98 valence electrons. The molecule has 5 nitrogen and oxygen atoms in total. The number of aliphatic carboxylic acids is 1. The third-order valence-corrected chi connectivity index (χ3v) is 3.42. The molecule has 5 heteroatoms. The van der Waals surface area contributed by atoms with Crippen molar-refractivity contribution in [3.05, 3.63) is 0 Å². The van der Waals surface area contributed by atoms with Crippen molar-refractivity contribution < 1.29 is 14.7 Å². The third kappa shape index (κ3) is 3.91. The summed E-state index contributed by atoms with van der Waals surface area (Å²) >= 11 is 0. The molecule has 1 fully saturated rings. The van der Waals surface area contributed by atoms with Gasteiger partial charge in [-0.3, -0.25) is 4.79 Å². The van der Waals surface area contributed by atoms with Gasteiger partial charge in [0, 0.05) is 13.1 Å². The van der Waals surface area contributed by atoms with Gasteiger partial charge in [0.05, 0.1) is 5.41 Å². The van der Waals surface area contributed by atoms with Crippen LogP contribution in [0.3, 0.4) is 0 Å². The van der Waals surface area contributed by atoms with Crippen LogP contribution in [0.4, 0.5) is 4.79 Å². The molecular formula is C12H22N2O3. The first-order chi connectivity index (χ1) is 8.10. The second kappa shape index (κ2) is 6.47. The molecule has 0 aromatic rings. The summed E-state index contributed by atoms with van der Waals surface area (Å²) in [6.07, 6.45) is 5.17. The third-order valence-electron chi connectivity index (χ3n) is 3.42. The molecule has 0 radical (unpaired) electrons. The van der Waals surface area contributed by atoms with E-state index in [-0.39, 0.29) is 12.6 Å². The van der Waals surface area contributed by atoms with Gasteiger partial charge in [-0.2, -0.15) is 0 Å². The quantitative estimate of drug-likeness (QED) is 0.621. The number of carbonyl (C=O) groups is 2. The van der Waals surface area contributed by atoms with Crippen LogP contribution < -0.4 is 10.6 Å². The zero-order valence-electron chi connectivity index (χ0n) is 10.4. The summed E-state index contributed by atoms with van der Waals surface area (Å²) in [5.41, 5.74) is -0.734. The molecule has 2 amide bonds. The normalized spacial score (nSPS) is 17.7. The summed E-state index contributed by atoms with van der Waals surface area (Å²) < 4.78 is 0. The van der Waals surface area contributed by atoms with Gasteiger partial charge in [0.15, 0.2) is 0 Å². The topological polar surface area (TPSA) is 78.4 Å². The molecule has 1 aliphatic carbocycles. The maximum Gasteiger partial charge on any atom is 0.314 e. The van der Waals surface area contributed by atoms with E-state index >= 15 is 0 Å². The molecule has 0 aromatic carbocycles. The van der Waals surface area contributed by atoms with E-state index < -0.39 is 11.4 Å². The number of hydrogen-bond acceptors (Lipinski definition) is 2. The summed E-state index contributed by atoms with van der Waals surface area (Å²) in [4.78, 5) is 22.6. The highest BCUT2D eigenvalue weighted by Crippen LogP contribution is 2.37. The highest BCUT2D eigenvalue weighted by atomic mass is 16.4. The van der Waals surface area contributed by atoms with Gasteiger partial charge < -0.3 is 15.7 Å². The molecule has 1 saturated carbocycles. The number of amides is 2. The average molecular weight is 242 g/mol. The monoisotopic (exact) mass is 242 g/mol. The van der Waals surface area contributed by atoms with Crippen LogP contribution in [-0.2, 0) is 4.79 Å². The van der Waals surface area contributed by atoms with Gasteiger partial charge in [-0.15, -0.1) is 0 Å². The Kier molecular flexibility index (Phi) is 5.25. The number of rotatable bonds is 6. The predicted octanol–water partition coefficient (Wildman–Crippen LogP) is 1.73. The number of urea groups is 1. The van der Waals surface area contributed by atoms with Crippen LogP contribution in [-0.4, -0.2) is 30.2 Å². The van der Waals surface area contributed by atoms with Crippen molar-refractivity contribution in [2.45, 2.75) is 45.4 Å². The number of nitrogens with one attached hydrogen (secondary N) is 2. The molecule has 0 saturated heterocycles. The van der Waals surface area contributed by atoms with E-state index in [2.05, 4.69) is 17.6 Å². The molecule has 1 rings (SSSR count). The zero-order chi connectivity index (χ0) is 12.7. The highest BCUT2D eigenvalue weighted by molar-refractivity contribution is 5.78. The van der Waals surface area contributed by atoms with Crippen LogP contribution in [0.15, 0.2) is 0 Å². The van der Waals surface area contributed by atoms with Crippen LogP contribution in [0, 0.1) is 5.41 Å². The Hall–Kier alpha value is -1.26. The molecule has 0 heterocycles. The van der Waals surface area contributed by atoms with E-state index in [1.807, 2.05) is 0 Å². The Morgan fingerprint density at radius 3 is 2.41 bits per heavy atom. The molecule has 0 unspecified atom stereocenters. The molecule has 1 aliphatic rings. The van der Waals surface area contributed by atoms with E-state index in [0.717, 1.165) is 25.7 Å². The van der Waals surface area contributed by atoms with Crippen molar-refractivity contribution >= 4 is 12.0 Å². The Balaban J connectivity index is 2.32. The largest absolute Gasteiger partial charge is 0.481 e. The zero-order valence-corrected chi connectivity index (χ0v) is 10.4. The van der Waals surface area contributed by atoms with Gasteiger partial charge in [-0.05, 0) is 19.3 Å². The number of carbonyl (C=O) groups excluding carboxylic acids is 1. The maximum atomic E-state index is 11.4. The van der Waals surface area contributed by atoms with Crippen LogP contribution in [0.25, 0.3) is 0 Å². The molecule has 0 spiro atoms. The fraction of sp³-hybridized carbons (Fsp3) is 0.833. The summed E-state index contributed by atoms with van der Waals surface area (Å²) in [7, 11) is 0. The minimum Gasteiger partial charge on any atom is -0.481 e. The fourth-order valence-electron chi connectivity index (χ4n) is 2.21. The molecule has 0 aromatic heterocycles. The molecule has 0 aliphatic heterocycles. The van der Waals surface area contributed by atoms with Crippen molar-refractivity contribution in [2.75, 3.05) is 13.1 Å². The summed E-state index contributed by atoms with van der Waals surface area (Å²) in [6.45, 7) is 2.93. The van der Waals surface area contributed by atoms with Gasteiger partial charge in [-0.25, -0.2) is 4.79 Å². The van der Waals surface area contributed by atoms with Gasteiger partial charge in [0.25, 0.3) is 0 Å². The van der Waals surface area contributed by atoms with Crippen LogP contribution in [0.2, 0.25) is 0 Å². The summed E-state index contributed by atoms with van der Waals surface area (Å²) in [5, 5.41) is 14.6. The first kappa shape index (κ1) is 13.8. The van der Waals surface area contributed by atoms with Crippen molar-refractivity contribution in [1.82, 2.24) is 10.6 Å². The fourth-order valence-corrected chi connectivity index (χ4v) is 2.21.